The molecular weight excluding hydrogens is 338 g/mol. The second-order valence-corrected chi connectivity index (χ2v) is 6.99. The monoisotopic (exact) mass is 365 g/mol. The van der Waals surface area contributed by atoms with Crippen molar-refractivity contribution in [1.82, 2.24) is 15.5 Å². The first-order valence-corrected chi connectivity index (χ1v) is 9.00. The lowest BCUT2D eigenvalue weighted by Crippen LogP contribution is -2.57. The highest BCUT2D eigenvalue weighted by Crippen LogP contribution is 2.27. The molecule has 6 heteroatoms. The van der Waals surface area contributed by atoms with Crippen LogP contribution in [0.4, 0.5) is 0 Å². The van der Waals surface area contributed by atoms with Crippen LogP contribution in [-0.4, -0.2) is 42.4 Å². The van der Waals surface area contributed by atoms with E-state index in [1.807, 2.05) is 42.2 Å². The normalized spacial score (nSPS) is 21.9. The van der Waals surface area contributed by atoms with Crippen molar-refractivity contribution >= 4 is 24.2 Å². The predicted molar refractivity (Wildman–Crippen MR) is 101 cm³/mol. The number of piperazine rings is 1. The maximum atomic E-state index is 12.6. The third kappa shape index (κ3) is 5.19. The largest absolute Gasteiger partial charge is 0.350 e. The Morgan fingerprint density at radius 3 is 2.68 bits per heavy atom. The molecule has 1 aliphatic heterocycles. The molecule has 0 spiro atoms. The molecule has 1 heterocycles. The molecule has 0 radical (unpaired) electrons. The van der Waals surface area contributed by atoms with Gasteiger partial charge in [0.1, 0.15) is 0 Å². The van der Waals surface area contributed by atoms with Crippen molar-refractivity contribution in [3.8, 4) is 0 Å². The molecule has 138 valence electrons. The molecule has 3 rings (SSSR count). The van der Waals surface area contributed by atoms with Crippen molar-refractivity contribution < 1.29 is 9.59 Å². The van der Waals surface area contributed by atoms with Crippen LogP contribution in [0.3, 0.4) is 0 Å². The number of benzene rings is 1. The summed E-state index contributed by atoms with van der Waals surface area (Å²) in [6.45, 7) is 4.35. The Morgan fingerprint density at radius 1 is 1.32 bits per heavy atom. The number of carbonyl (C=O) groups excluding carboxylic acids is 2. The maximum absolute atomic E-state index is 12.6. The minimum absolute atomic E-state index is 0. The number of hydrogen-bond donors (Lipinski definition) is 2. The molecule has 1 aliphatic carbocycles. The topological polar surface area (TPSA) is 61.4 Å². The summed E-state index contributed by atoms with van der Waals surface area (Å²) in [4.78, 5) is 26.8. The van der Waals surface area contributed by atoms with Crippen molar-refractivity contribution in [1.29, 1.82) is 0 Å². The average Bonchev–Trinajstić information content (AvgIpc) is 2.54. The molecule has 2 atom stereocenters. The van der Waals surface area contributed by atoms with Crippen LogP contribution in [0.15, 0.2) is 30.3 Å². The third-order valence-corrected chi connectivity index (χ3v) is 5.15. The van der Waals surface area contributed by atoms with Gasteiger partial charge in [0.25, 0.3) is 0 Å². The van der Waals surface area contributed by atoms with Gasteiger partial charge in [0, 0.05) is 19.6 Å². The predicted octanol–water partition coefficient (Wildman–Crippen LogP) is 2.28. The van der Waals surface area contributed by atoms with Crippen LogP contribution in [-0.2, 0) is 9.59 Å². The second kappa shape index (κ2) is 9.20. The van der Waals surface area contributed by atoms with Crippen LogP contribution in [0.25, 0.3) is 0 Å². The molecule has 2 fully saturated rings. The Kier molecular flexibility index (Phi) is 7.26. The van der Waals surface area contributed by atoms with Gasteiger partial charge >= 0.3 is 0 Å². The zero-order valence-electron chi connectivity index (χ0n) is 14.7. The van der Waals surface area contributed by atoms with Gasteiger partial charge in [0.15, 0.2) is 0 Å². The number of nitrogens with zero attached hydrogens (tertiary/aromatic N) is 1. The lowest BCUT2D eigenvalue weighted by molar-refractivity contribution is -0.139. The van der Waals surface area contributed by atoms with Crippen molar-refractivity contribution in [2.75, 3.05) is 19.6 Å². The highest BCUT2D eigenvalue weighted by Gasteiger charge is 2.32. The minimum atomic E-state index is -0.387. The van der Waals surface area contributed by atoms with Gasteiger partial charge in [0.2, 0.25) is 11.8 Å². The molecule has 0 bridgehead atoms. The summed E-state index contributed by atoms with van der Waals surface area (Å²) in [6.07, 6.45) is 3.96. The summed E-state index contributed by atoms with van der Waals surface area (Å²) in [6, 6.07) is 9.43. The number of hydrogen-bond acceptors (Lipinski definition) is 3. The van der Waals surface area contributed by atoms with Crippen molar-refractivity contribution in [2.24, 2.45) is 5.92 Å². The first-order valence-electron chi connectivity index (χ1n) is 9.00. The van der Waals surface area contributed by atoms with E-state index in [9.17, 15) is 9.59 Å². The Bertz CT molecular complexity index is 577. The van der Waals surface area contributed by atoms with Gasteiger partial charge in [-0.25, -0.2) is 0 Å². The van der Waals surface area contributed by atoms with E-state index >= 15 is 0 Å². The number of carbonyl (C=O) groups is 2. The summed E-state index contributed by atoms with van der Waals surface area (Å²) >= 11 is 0. The fourth-order valence-corrected chi connectivity index (χ4v) is 3.43. The third-order valence-electron chi connectivity index (χ3n) is 5.15. The van der Waals surface area contributed by atoms with E-state index in [-0.39, 0.29) is 42.7 Å². The highest BCUT2D eigenvalue weighted by atomic mass is 35.5. The smallest absolute Gasteiger partial charge is 0.240 e. The standard InChI is InChI=1S/C19H27N3O2.ClH/c1-14(16-8-3-2-4-9-16)21-18(23)12-17-19(24)22(11-10-20-17)13-15-6-5-7-15;/h2-4,8-9,14-15,17,20H,5-7,10-13H2,1H3,(H,21,23);1H. The summed E-state index contributed by atoms with van der Waals surface area (Å²) in [5, 5.41) is 6.19. The first kappa shape index (κ1) is 19.7. The van der Waals surface area contributed by atoms with Crippen molar-refractivity contribution in [3.05, 3.63) is 35.9 Å². The van der Waals surface area contributed by atoms with Crippen molar-refractivity contribution in [2.45, 2.75) is 44.7 Å². The van der Waals surface area contributed by atoms with Gasteiger partial charge < -0.3 is 15.5 Å². The van der Waals surface area contributed by atoms with Crippen molar-refractivity contribution in [3.63, 3.8) is 0 Å². The Labute approximate surface area is 155 Å². The van der Waals surface area contributed by atoms with Gasteiger partial charge in [-0.05, 0) is 31.2 Å². The zero-order chi connectivity index (χ0) is 16.9. The number of halogens is 1. The summed E-state index contributed by atoms with van der Waals surface area (Å²) in [7, 11) is 0. The minimum Gasteiger partial charge on any atom is -0.350 e. The van der Waals surface area contributed by atoms with Crippen LogP contribution in [0.1, 0.15) is 44.2 Å². The van der Waals surface area contributed by atoms with Crippen LogP contribution in [0.2, 0.25) is 0 Å². The van der Waals surface area contributed by atoms with E-state index in [0.29, 0.717) is 5.92 Å². The number of amides is 2. The quantitative estimate of drug-likeness (QED) is 0.813. The molecule has 0 aromatic heterocycles. The zero-order valence-corrected chi connectivity index (χ0v) is 15.6. The fraction of sp³-hybridized carbons (Fsp3) is 0.579. The molecule has 25 heavy (non-hydrogen) atoms. The molecule has 1 aromatic rings. The summed E-state index contributed by atoms with van der Waals surface area (Å²) < 4.78 is 0. The van der Waals surface area contributed by atoms with Crippen LogP contribution in [0, 0.1) is 5.92 Å². The summed E-state index contributed by atoms with van der Waals surface area (Å²) in [5.41, 5.74) is 1.07. The van der Waals surface area contributed by atoms with Gasteiger partial charge in [-0.15, -0.1) is 12.4 Å². The van der Waals surface area contributed by atoms with Gasteiger partial charge in [0.05, 0.1) is 18.5 Å². The van der Waals surface area contributed by atoms with E-state index in [4.69, 9.17) is 0 Å². The van der Waals surface area contributed by atoms with E-state index < -0.39 is 0 Å². The highest BCUT2D eigenvalue weighted by molar-refractivity contribution is 5.89. The Morgan fingerprint density at radius 2 is 2.04 bits per heavy atom. The number of nitrogens with one attached hydrogen (secondary N) is 2. The number of rotatable bonds is 6. The molecule has 2 amide bonds. The maximum Gasteiger partial charge on any atom is 0.240 e. The van der Waals surface area contributed by atoms with E-state index in [2.05, 4.69) is 10.6 Å². The van der Waals surface area contributed by atoms with E-state index in [1.165, 1.54) is 19.3 Å². The van der Waals surface area contributed by atoms with Crippen LogP contribution >= 0.6 is 12.4 Å². The first-order chi connectivity index (χ1) is 11.6. The molecule has 1 saturated heterocycles. The SMILES string of the molecule is CC(NC(=O)CC1NCCN(CC2CCC2)C1=O)c1ccccc1.Cl. The molecule has 1 aromatic carbocycles. The van der Waals surface area contributed by atoms with Gasteiger partial charge in [-0.2, -0.15) is 0 Å². The fourth-order valence-electron chi connectivity index (χ4n) is 3.43. The Hall–Kier alpha value is -1.59. The molecule has 2 aliphatic rings. The van der Waals surface area contributed by atoms with E-state index in [1.54, 1.807) is 0 Å². The lowest BCUT2D eigenvalue weighted by atomic mass is 9.85. The van der Waals surface area contributed by atoms with E-state index in [0.717, 1.165) is 25.2 Å². The van der Waals surface area contributed by atoms with Gasteiger partial charge in [-0.1, -0.05) is 36.8 Å². The summed E-state index contributed by atoms with van der Waals surface area (Å²) in [5.74, 6) is 0.665. The lowest BCUT2D eigenvalue weighted by Gasteiger charge is -2.37. The average molecular weight is 366 g/mol. The second-order valence-electron chi connectivity index (χ2n) is 6.99. The molecular formula is C19H28ClN3O2. The molecule has 2 unspecified atom stereocenters. The van der Waals surface area contributed by atoms with Crippen LogP contribution < -0.4 is 10.6 Å². The van der Waals surface area contributed by atoms with Gasteiger partial charge in [-0.3, -0.25) is 9.59 Å². The Balaban J connectivity index is 0.00000225. The molecule has 1 saturated carbocycles. The van der Waals surface area contributed by atoms with Crippen LogP contribution in [0.5, 0.6) is 0 Å². The molecule has 2 N–H and O–H groups in total. The molecule has 5 nitrogen and oxygen atoms in total.